The molecule has 2 atom stereocenters. The van der Waals surface area contributed by atoms with Crippen molar-refractivity contribution in [2.24, 2.45) is 0 Å². The van der Waals surface area contributed by atoms with Crippen LogP contribution < -0.4 is 9.80 Å². The lowest BCUT2D eigenvalue weighted by molar-refractivity contribution is 0.0485. The van der Waals surface area contributed by atoms with Crippen molar-refractivity contribution in [2.75, 3.05) is 32.5 Å². The van der Waals surface area contributed by atoms with Gasteiger partial charge in [-0.05, 0) is 18.6 Å². The first-order chi connectivity index (χ1) is 8.77. The van der Waals surface area contributed by atoms with E-state index < -0.39 is 0 Å². The number of hydroxylamine groups is 1. The molecule has 0 bridgehead atoms. The smallest absolute Gasteiger partial charge is 0.144 e. The average molecular weight is 272 g/mol. The topological polar surface area (TPSA) is 30.9 Å². The van der Waals surface area contributed by atoms with E-state index in [0.717, 1.165) is 17.9 Å². The van der Waals surface area contributed by atoms with Crippen molar-refractivity contribution in [3.63, 3.8) is 0 Å². The fourth-order valence-corrected chi connectivity index (χ4v) is 2.50. The lowest BCUT2D eigenvalue weighted by Crippen LogP contribution is -2.46. The van der Waals surface area contributed by atoms with Crippen molar-refractivity contribution < 1.29 is 14.3 Å². The number of halogens is 1. The maximum Gasteiger partial charge on any atom is 0.144 e. The molecule has 100 valence electrons. The van der Waals surface area contributed by atoms with Gasteiger partial charge < -0.3 is 9.47 Å². The number of anilines is 1. The molecular weight excluding hydrogens is 254 g/mol. The number of benzene rings is 1. The van der Waals surface area contributed by atoms with Crippen molar-refractivity contribution in [1.82, 2.24) is 0 Å². The molecule has 0 spiro atoms. The average Bonchev–Trinajstić information content (AvgIpc) is 2.42. The van der Waals surface area contributed by atoms with Crippen LogP contribution >= 0.6 is 11.6 Å². The normalized spacial score (nSPS) is 23.7. The van der Waals surface area contributed by atoms with Crippen molar-refractivity contribution in [2.45, 2.75) is 17.8 Å². The van der Waals surface area contributed by atoms with Crippen LogP contribution in [0.15, 0.2) is 24.3 Å². The monoisotopic (exact) mass is 271 g/mol. The van der Waals surface area contributed by atoms with E-state index in [9.17, 15) is 0 Å². The molecule has 2 rings (SSSR count). The Bertz CT molecular complexity index is 388. The number of alkyl halides is 1. The minimum atomic E-state index is -0.0939. The minimum Gasteiger partial charge on any atom is -0.494 e. The summed E-state index contributed by atoms with van der Waals surface area (Å²) in [4.78, 5) is 5.50. The molecule has 1 heterocycles. The third kappa shape index (κ3) is 2.71. The van der Waals surface area contributed by atoms with Crippen LogP contribution in [0.25, 0.3) is 0 Å². The van der Waals surface area contributed by atoms with E-state index in [4.69, 9.17) is 25.9 Å². The Hall–Kier alpha value is -0.970. The van der Waals surface area contributed by atoms with Gasteiger partial charge in [-0.1, -0.05) is 12.1 Å². The van der Waals surface area contributed by atoms with Gasteiger partial charge in [-0.3, -0.25) is 4.84 Å². The zero-order valence-corrected chi connectivity index (χ0v) is 11.4. The van der Waals surface area contributed by atoms with E-state index >= 15 is 0 Å². The van der Waals surface area contributed by atoms with Crippen LogP contribution in [0.5, 0.6) is 5.75 Å². The third-order valence-corrected chi connectivity index (χ3v) is 3.49. The highest BCUT2D eigenvalue weighted by atomic mass is 35.5. The first-order valence-electron chi connectivity index (χ1n) is 5.96. The summed E-state index contributed by atoms with van der Waals surface area (Å²) in [5, 5.41) is 1.72. The van der Waals surface area contributed by atoms with Crippen LogP contribution in [0.3, 0.4) is 0 Å². The SMILES string of the molecule is COc1ccccc1N(OC)C1CCOCC1Cl. The molecule has 0 amide bonds. The number of ether oxygens (including phenoxy) is 2. The molecule has 1 aromatic rings. The molecule has 1 saturated heterocycles. The van der Waals surface area contributed by atoms with Gasteiger partial charge in [0.15, 0.2) is 0 Å². The summed E-state index contributed by atoms with van der Waals surface area (Å²) in [6.07, 6.45) is 0.833. The molecule has 0 aliphatic carbocycles. The van der Waals surface area contributed by atoms with Crippen LogP contribution in [0.1, 0.15) is 6.42 Å². The molecule has 0 N–H and O–H groups in total. The number of methoxy groups -OCH3 is 1. The highest BCUT2D eigenvalue weighted by Gasteiger charge is 2.31. The van der Waals surface area contributed by atoms with Crippen molar-refractivity contribution in [1.29, 1.82) is 0 Å². The Kier molecular flexibility index (Phi) is 4.69. The van der Waals surface area contributed by atoms with Crippen LogP contribution in [0, 0.1) is 0 Å². The molecule has 1 aromatic carbocycles. The van der Waals surface area contributed by atoms with E-state index in [1.807, 2.05) is 29.3 Å². The van der Waals surface area contributed by atoms with Crippen molar-refractivity contribution in [3.05, 3.63) is 24.3 Å². The standard InChI is InChI=1S/C13H18ClNO3/c1-16-13-6-4-3-5-12(13)15(17-2)11-7-8-18-9-10(11)14/h3-6,10-11H,7-9H2,1-2H3. The number of hydrogen-bond donors (Lipinski definition) is 0. The zero-order valence-electron chi connectivity index (χ0n) is 10.6. The van der Waals surface area contributed by atoms with Gasteiger partial charge in [0.25, 0.3) is 0 Å². The number of para-hydroxylation sites is 2. The van der Waals surface area contributed by atoms with Gasteiger partial charge in [-0.25, -0.2) is 5.06 Å². The van der Waals surface area contributed by atoms with E-state index in [2.05, 4.69) is 0 Å². The van der Waals surface area contributed by atoms with Crippen LogP contribution in [0.2, 0.25) is 0 Å². The summed E-state index contributed by atoms with van der Waals surface area (Å²) in [6.45, 7) is 1.24. The van der Waals surface area contributed by atoms with Crippen LogP contribution in [-0.4, -0.2) is 38.9 Å². The highest BCUT2D eigenvalue weighted by molar-refractivity contribution is 6.21. The predicted molar refractivity (Wildman–Crippen MR) is 71.3 cm³/mol. The van der Waals surface area contributed by atoms with Gasteiger partial charge in [0.1, 0.15) is 11.4 Å². The van der Waals surface area contributed by atoms with Gasteiger partial charge in [0.2, 0.25) is 0 Å². The van der Waals surface area contributed by atoms with Crippen LogP contribution in [-0.2, 0) is 9.57 Å². The number of nitrogens with zero attached hydrogens (tertiary/aromatic N) is 1. The quantitative estimate of drug-likeness (QED) is 0.622. The summed E-state index contributed by atoms with van der Waals surface area (Å²) in [5.41, 5.74) is 0.889. The number of hydrogen-bond acceptors (Lipinski definition) is 4. The van der Waals surface area contributed by atoms with Gasteiger partial charge in [0, 0.05) is 6.61 Å². The van der Waals surface area contributed by atoms with Gasteiger partial charge in [-0.15, -0.1) is 11.6 Å². The molecule has 0 radical (unpaired) electrons. The lowest BCUT2D eigenvalue weighted by atomic mass is 10.1. The maximum absolute atomic E-state index is 6.31. The second kappa shape index (κ2) is 6.27. The van der Waals surface area contributed by atoms with E-state index in [1.54, 1.807) is 14.2 Å². The summed E-state index contributed by atoms with van der Waals surface area (Å²) >= 11 is 6.31. The molecule has 4 nitrogen and oxygen atoms in total. The molecule has 0 aromatic heterocycles. The Labute approximate surface area is 112 Å². The van der Waals surface area contributed by atoms with Gasteiger partial charge in [0.05, 0.1) is 32.2 Å². The summed E-state index contributed by atoms with van der Waals surface area (Å²) < 4.78 is 10.7. The van der Waals surface area contributed by atoms with Gasteiger partial charge >= 0.3 is 0 Å². The van der Waals surface area contributed by atoms with Crippen LogP contribution in [0.4, 0.5) is 5.69 Å². The molecule has 0 saturated carbocycles. The number of rotatable bonds is 4. The molecule has 2 unspecified atom stereocenters. The first-order valence-corrected chi connectivity index (χ1v) is 6.39. The van der Waals surface area contributed by atoms with E-state index in [-0.39, 0.29) is 11.4 Å². The third-order valence-electron chi connectivity index (χ3n) is 3.07. The largest absolute Gasteiger partial charge is 0.494 e. The summed E-state index contributed by atoms with van der Waals surface area (Å²) in [7, 11) is 3.29. The Balaban J connectivity index is 2.26. The molecular formula is C13H18ClNO3. The molecule has 1 aliphatic heterocycles. The summed E-state index contributed by atoms with van der Waals surface area (Å²) in [5.74, 6) is 0.773. The molecule has 5 heteroatoms. The van der Waals surface area contributed by atoms with E-state index in [1.165, 1.54) is 0 Å². The fraction of sp³-hybridized carbons (Fsp3) is 0.538. The maximum atomic E-state index is 6.31. The van der Waals surface area contributed by atoms with E-state index in [0.29, 0.717) is 13.2 Å². The zero-order chi connectivity index (χ0) is 13.0. The molecule has 1 aliphatic rings. The lowest BCUT2D eigenvalue weighted by Gasteiger charge is -2.37. The Morgan fingerprint density at radius 1 is 1.33 bits per heavy atom. The Morgan fingerprint density at radius 2 is 2.11 bits per heavy atom. The Morgan fingerprint density at radius 3 is 2.78 bits per heavy atom. The predicted octanol–water partition coefficient (Wildman–Crippen LogP) is 2.46. The second-order valence-corrected chi connectivity index (χ2v) is 4.69. The molecule has 18 heavy (non-hydrogen) atoms. The van der Waals surface area contributed by atoms with Crippen molar-refractivity contribution >= 4 is 17.3 Å². The summed E-state index contributed by atoms with van der Waals surface area (Å²) in [6, 6.07) is 7.83. The highest BCUT2D eigenvalue weighted by Crippen LogP contribution is 2.32. The fourth-order valence-electron chi connectivity index (χ4n) is 2.18. The van der Waals surface area contributed by atoms with Crippen molar-refractivity contribution in [3.8, 4) is 5.75 Å². The molecule has 1 fully saturated rings. The van der Waals surface area contributed by atoms with Gasteiger partial charge in [-0.2, -0.15) is 0 Å². The second-order valence-electron chi connectivity index (χ2n) is 4.13. The minimum absolute atomic E-state index is 0.0849. The first kappa shape index (κ1) is 13.5.